The number of benzene rings is 1. The van der Waals surface area contributed by atoms with Gasteiger partial charge in [-0.1, -0.05) is 6.42 Å². The molecule has 0 aromatic heterocycles. The molecular weight excluding hydrogens is 240 g/mol. The van der Waals surface area contributed by atoms with Crippen molar-refractivity contribution in [2.24, 2.45) is 0 Å². The monoisotopic (exact) mass is 257 g/mol. The summed E-state index contributed by atoms with van der Waals surface area (Å²) in [5.41, 5.74) is 0.557. The predicted octanol–water partition coefficient (Wildman–Crippen LogP) is 3.11. The zero-order chi connectivity index (χ0) is 13.4. The fourth-order valence-electron chi connectivity index (χ4n) is 1.51. The molecule has 0 unspecified atom stereocenters. The van der Waals surface area contributed by atoms with E-state index in [1.807, 2.05) is 0 Å². The van der Waals surface area contributed by atoms with E-state index >= 15 is 0 Å². The lowest BCUT2D eigenvalue weighted by Crippen LogP contribution is -2.03. The first kappa shape index (κ1) is 14.4. The third kappa shape index (κ3) is 5.12. The van der Waals surface area contributed by atoms with Crippen LogP contribution in [0.25, 0.3) is 0 Å². The maximum Gasteiger partial charge on any atom is 0.305 e. The molecule has 5 heteroatoms. The molecule has 100 valence electrons. The summed E-state index contributed by atoms with van der Waals surface area (Å²) >= 11 is 0. The van der Waals surface area contributed by atoms with Crippen LogP contribution in [0.3, 0.4) is 0 Å². The van der Waals surface area contributed by atoms with Gasteiger partial charge in [0.1, 0.15) is 0 Å². The number of ether oxygens (including phenoxy) is 1. The summed E-state index contributed by atoms with van der Waals surface area (Å²) in [6, 6.07) is 3.71. The molecule has 1 aromatic rings. The van der Waals surface area contributed by atoms with E-state index in [9.17, 15) is 13.6 Å². The Labute approximate surface area is 105 Å². The molecule has 0 spiro atoms. The van der Waals surface area contributed by atoms with Gasteiger partial charge in [0.15, 0.2) is 11.6 Å². The number of esters is 1. The van der Waals surface area contributed by atoms with Gasteiger partial charge in [0.05, 0.1) is 7.11 Å². The van der Waals surface area contributed by atoms with Gasteiger partial charge in [0.25, 0.3) is 0 Å². The molecule has 1 aromatic carbocycles. The van der Waals surface area contributed by atoms with Gasteiger partial charge in [0.2, 0.25) is 0 Å². The first-order valence-corrected chi connectivity index (χ1v) is 5.89. The Kier molecular flexibility index (Phi) is 6.11. The predicted molar refractivity (Wildman–Crippen MR) is 65.3 cm³/mol. The summed E-state index contributed by atoms with van der Waals surface area (Å²) in [6.07, 6.45) is 2.93. The van der Waals surface area contributed by atoms with Crippen molar-refractivity contribution in [1.29, 1.82) is 0 Å². The smallest absolute Gasteiger partial charge is 0.305 e. The van der Waals surface area contributed by atoms with Crippen molar-refractivity contribution in [3.63, 3.8) is 0 Å². The standard InChI is InChI=1S/C13H17F2NO2/c1-18-13(17)5-3-2-4-8-16-10-6-7-11(14)12(15)9-10/h6-7,9,16H,2-5,8H2,1H3. The highest BCUT2D eigenvalue weighted by Gasteiger charge is 2.02. The quantitative estimate of drug-likeness (QED) is 0.602. The van der Waals surface area contributed by atoms with E-state index in [4.69, 9.17) is 0 Å². The number of unbranched alkanes of at least 4 members (excludes halogenated alkanes) is 2. The maximum atomic E-state index is 12.9. The largest absolute Gasteiger partial charge is 0.469 e. The summed E-state index contributed by atoms with van der Waals surface area (Å²) in [4.78, 5) is 10.8. The van der Waals surface area contributed by atoms with Crippen molar-refractivity contribution in [2.45, 2.75) is 25.7 Å². The molecule has 0 aliphatic rings. The second-order valence-corrected chi connectivity index (χ2v) is 3.94. The van der Waals surface area contributed by atoms with Crippen molar-refractivity contribution in [3.05, 3.63) is 29.8 Å². The second-order valence-electron chi connectivity index (χ2n) is 3.94. The lowest BCUT2D eigenvalue weighted by atomic mass is 10.2. The number of carbonyl (C=O) groups excluding carboxylic acids is 1. The first-order valence-electron chi connectivity index (χ1n) is 5.89. The van der Waals surface area contributed by atoms with Crippen LogP contribution in [-0.2, 0) is 9.53 Å². The molecule has 0 bridgehead atoms. The highest BCUT2D eigenvalue weighted by molar-refractivity contribution is 5.68. The molecule has 1 rings (SSSR count). The van der Waals surface area contributed by atoms with Crippen molar-refractivity contribution in [2.75, 3.05) is 19.0 Å². The minimum atomic E-state index is -0.856. The first-order chi connectivity index (χ1) is 8.63. The minimum Gasteiger partial charge on any atom is -0.469 e. The van der Waals surface area contributed by atoms with Gasteiger partial charge in [-0.25, -0.2) is 8.78 Å². The normalized spacial score (nSPS) is 10.2. The Balaban J connectivity index is 2.14. The van der Waals surface area contributed by atoms with Gasteiger partial charge in [-0.3, -0.25) is 4.79 Å². The second kappa shape index (κ2) is 7.63. The molecule has 0 amide bonds. The fourth-order valence-corrected chi connectivity index (χ4v) is 1.51. The van der Waals surface area contributed by atoms with Crippen LogP contribution in [0, 0.1) is 11.6 Å². The number of methoxy groups -OCH3 is 1. The van der Waals surface area contributed by atoms with Crippen molar-refractivity contribution in [1.82, 2.24) is 0 Å². The molecular formula is C13H17F2NO2. The molecule has 0 radical (unpaired) electrons. The van der Waals surface area contributed by atoms with E-state index in [1.165, 1.54) is 13.2 Å². The van der Waals surface area contributed by atoms with E-state index in [0.29, 0.717) is 18.7 Å². The number of hydrogen-bond acceptors (Lipinski definition) is 3. The molecule has 18 heavy (non-hydrogen) atoms. The Bertz CT molecular complexity index is 397. The fraction of sp³-hybridized carbons (Fsp3) is 0.462. The summed E-state index contributed by atoms with van der Waals surface area (Å²) in [6.45, 7) is 0.659. The van der Waals surface area contributed by atoms with E-state index in [0.717, 1.165) is 31.4 Å². The molecule has 0 atom stereocenters. The number of halogens is 2. The minimum absolute atomic E-state index is 0.205. The number of hydrogen-bond donors (Lipinski definition) is 1. The van der Waals surface area contributed by atoms with Crippen LogP contribution in [0.1, 0.15) is 25.7 Å². The molecule has 1 N–H and O–H groups in total. The summed E-state index contributed by atoms with van der Waals surface area (Å²) < 4.78 is 30.0. The van der Waals surface area contributed by atoms with Crippen LogP contribution >= 0.6 is 0 Å². The summed E-state index contributed by atoms with van der Waals surface area (Å²) in [7, 11) is 1.37. The van der Waals surface area contributed by atoms with E-state index < -0.39 is 11.6 Å². The number of rotatable bonds is 7. The Hall–Kier alpha value is -1.65. The third-order valence-electron chi connectivity index (χ3n) is 2.53. The lowest BCUT2D eigenvalue weighted by molar-refractivity contribution is -0.140. The molecule has 0 fully saturated rings. The van der Waals surface area contributed by atoms with Gasteiger partial charge in [0, 0.05) is 18.7 Å². The van der Waals surface area contributed by atoms with Crippen LogP contribution in [0.4, 0.5) is 14.5 Å². The van der Waals surface area contributed by atoms with E-state index in [-0.39, 0.29) is 5.97 Å². The van der Waals surface area contributed by atoms with Gasteiger partial charge in [-0.2, -0.15) is 0 Å². The topological polar surface area (TPSA) is 38.3 Å². The van der Waals surface area contributed by atoms with Gasteiger partial charge >= 0.3 is 5.97 Å². The number of anilines is 1. The summed E-state index contributed by atoms with van der Waals surface area (Å²) in [5.74, 6) is -1.91. The van der Waals surface area contributed by atoms with Crippen LogP contribution in [0.15, 0.2) is 18.2 Å². The molecule has 0 saturated heterocycles. The van der Waals surface area contributed by atoms with E-state index in [1.54, 1.807) is 0 Å². The number of nitrogens with one attached hydrogen (secondary N) is 1. The van der Waals surface area contributed by atoms with Gasteiger partial charge in [-0.05, 0) is 31.0 Å². The Morgan fingerprint density at radius 3 is 2.67 bits per heavy atom. The SMILES string of the molecule is COC(=O)CCCCCNc1ccc(F)c(F)c1. The molecule has 0 saturated carbocycles. The Morgan fingerprint density at radius 2 is 2.00 bits per heavy atom. The van der Waals surface area contributed by atoms with Crippen LogP contribution in [0.2, 0.25) is 0 Å². The molecule has 0 aliphatic heterocycles. The Morgan fingerprint density at radius 1 is 1.22 bits per heavy atom. The zero-order valence-electron chi connectivity index (χ0n) is 10.3. The zero-order valence-corrected chi connectivity index (χ0v) is 10.3. The van der Waals surface area contributed by atoms with Crippen LogP contribution < -0.4 is 5.32 Å². The van der Waals surface area contributed by atoms with Crippen molar-refractivity contribution < 1.29 is 18.3 Å². The van der Waals surface area contributed by atoms with Crippen LogP contribution in [-0.4, -0.2) is 19.6 Å². The van der Waals surface area contributed by atoms with Crippen molar-refractivity contribution >= 4 is 11.7 Å². The average molecular weight is 257 g/mol. The molecule has 0 aliphatic carbocycles. The van der Waals surface area contributed by atoms with Gasteiger partial charge < -0.3 is 10.1 Å². The van der Waals surface area contributed by atoms with Crippen molar-refractivity contribution in [3.8, 4) is 0 Å². The lowest BCUT2D eigenvalue weighted by Gasteiger charge is -2.06. The number of carbonyl (C=O) groups is 1. The average Bonchev–Trinajstić information content (AvgIpc) is 2.37. The van der Waals surface area contributed by atoms with Crippen LogP contribution in [0.5, 0.6) is 0 Å². The highest BCUT2D eigenvalue weighted by atomic mass is 19.2. The highest BCUT2D eigenvalue weighted by Crippen LogP contribution is 2.13. The maximum absolute atomic E-state index is 12.9. The summed E-state index contributed by atoms with van der Waals surface area (Å²) in [5, 5.41) is 2.99. The third-order valence-corrected chi connectivity index (χ3v) is 2.53. The molecule has 3 nitrogen and oxygen atoms in total. The molecule has 0 heterocycles. The van der Waals surface area contributed by atoms with Gasteiger partial charge in [-0.15, -0.1) is 0 Å². The van der Waals surface area contributed by atoms with E-state index in [2.05, 4.69) is 10.1 Å².